The van der Waals surface area contributed by atoms with E-state index in [0.717, 1.165) is 26.6 Å². The molecule has 100 valence electrons. The van der Waals surface area contributed by atoms with Crippen molar-refractivity contribution in [1.29, 1.82) is 0 Å². The quantitative estimate of drug-likeness (QED) is 0.845. The highest BCUT2D eigenvalue weighted by Crippen LogP contribution is 2.30. The lowest BCUT2D eigenvalue weighted by atomic mass is 10.1. The van der Waals surface area contributed by atoms with E-state index in [0.29, 0.717) is 0 Å². The highest BCUT2D eigenvalue weighted by molar-refractivity contribution is 9.10. The molecule has 2 N–H and O–H groups in total. The fraction of sp³-hybridized carbons (Fsp3) is 0.214. The van der Waals surface area contributed by atoms with Crippen molar-refractivity contribution < 1.29 is 4.74 Å². The van der Waals surface area contributed by atoms with E-state index in [2.05, 4.69) is 20.9 Å². The number of pyridine rings is 1. The van der Waals surface area contributed by atoms with Crippen LogP contribution in [0.15, 0.2) is 52.1 Å². The fourth-order valence-electron chi connectivity index (χ4n) is 1.71. The van der Waals surface area contributed by atoms with Crippen LogP contribution < -0.4 is 10.5 Å². The third-order valence-electron chi connectivity index (χ3n) is 2.66. The van der Waals surface area contributed by atoms with Crippen molar-refractivity contribution in [2.24, 2.45) is 5.73 Å². The monoisotopic (exact) mass is 338 g/mol. The van der Waals surface area contributed by atoms with E-state index in [1.54, 1.807) is 25.1 Å². The Balaban J connectivity index is 2.05. The first-order chi connectivity index (χ1) is 9.22. The smallest absolute Gasteiger partial charge is 0.123 e. The van der Waals surface area contributed by atoms with Crippen LogP contribution in [0.3, 0.4) is 0 Å². The third kappa shape index (κ3) is 3.72. The normalized spacial score (nSPS) is 12.2. The molecule has 0 spiro atoms. The molecule has 0 radical (unpaired) electrons. The van der Waals surface area contributed by atoms with Crippen molar-refractivity contribution in [3.05, 3.63) is 52.6 Å². The van der Waals surface area contributed by atoms with E-state index in [1.165, 1.54) is 0 Å². The second kappa shape index (κ2) is 6.93. The van der Waals surface area contributed by atoms with Gasteiger partial charge in [-0.25, -0.2) is 4.98 Å². The minimum atomic E-state index is -0.0879. The van der Waals surface area contributed by atoms with Gasteiger partial charge in [0.25, 0.3) is 0 Å². The van der Waals surface area contributed by atoms with Crippen molar-refractivity contribution >= 4 is 27.7 Å². The van der Waals surface area contributed by atoms with Crippen LogP contribution in [0.1, 0.15) is 11.6 Å². The van der Waals surface area contributed by atoms with E-state index < -0.39 is 0 Å². The first kappa shape index (κ1) is 14.4. The van der Waals surface area contributed by atoms with Gasteiger partial charge in [-0.2, -0.15) is 0 Å². The molecule has 0 fully saturated rings. The summed E-state index contributed by atoms with van der Waals surface area (Å²) < 4.78 is 6.32. The number of para-hydroxylation sites is 1. The van der Waals surface area contributed by atoms with Crippen LogP contribution in [0.5, 0.6) is 5.75 Å². The summed E-state index contributed by atoms with van der Waals surface area (Å²) in [6.07, 6.45) is 1.78. The summed E-state index contributed by atoms with van der Waals surface area (Å²) in [4.78, 5) is 4.32. The minimum absolute atomic E-state index is 0.0879. The zero-order chi connectivity index (χ0) is 13.7. The summed E-state index contributed by atoms with van der Waals surface area (Å²) in [5.74, 6) is 1.58. The number of nitrogens with zero attached hydrogens (tertiary/aromatic N) is 1. The summed E-state index contributed by atoms with van der Waals surface area (Å²) in [5.41, 5.74) is 7.24. The van der Waals surface area contributed by atoms with E-state index in [4.69, 9.17) is 10.5 Å². The van der Waals surface area contributed by atoms with Crippen LogP contribution >= 0.6 is 27.7 Å². The van der Waals surface area contributed by atoms with E-state index >= 15 is 0 Å². The number of hydrogen-bond acceptors (Lipinski definition) is 4. The molecule has 1 unspecified atom stereocenters. The molecular formula is C14H15BrN2OS. The van der Waals surface area contributed by atoms with E-state index in [9.17, 15) is 0 Å². The van der Waals surface area contributed by atoms with Crippen molar-refractivity contribution in [2.45, 2.75) is 11.1 Å². The van der Waals surface area contributed by atoms with Gasteiger partial charge in [0.05, 0.1) is 7.11 Å². The minimum Gasteiger partial charge on any atom is -0.496 e. The zero-order valence-corrected chi connectivity index (χ0v) is 12.9. The standard InChI is InChI=1S/C14H15BrN2OS/c1-18-13-7-3-2-5-10(13)12(16)9-19-14-11(15)6-4-8-17-14/h2-8,12H,9,16H2,1H3. The Morgan fingerprint density at radius 1 is 1.32 bits per heavy atom. The number of halogens is 1. The number of benzene rings is 1. The third-order valence-corrected chi connectivity index (χ3v) is 4.69. The van der Waals surface area contributed by atoms with Crippen LogP contribution in [-0.2, 0) is 0 Å². The van der Waals surface area contributed by atoms with Gasteiger partial charge in [0, 0.05) is 28.0 Å². The van der Waals surface area contributed by atoms with Crippen molar-refractivity contribution in [3.8, 4) is 5.75 Å². The first-order valence-electron chi connectivity index (χ1n) is 5.84. The molecule has 1 heterocycles. The first-order valence-corrected chi connectivity index (χ1v) is 7.62. The summed E-state index contributed by atoms with van der Waals surface area (Å²) in [5, 5.41) is 0.952. The SMILES string of the molecule is COc1ccccc1C(N)CSc1ncccc1Br. The Kier molecular flexibility index (Phi) is 5.24. The average Bonchev–Trinajstić information content (AvgIpc) is 2.46. The molecule has 0 bridgehead atoms. The van der Waals surface area contributed by atoms with Gasteiger partial charge in [-0.05, 0) is 34.1 Å². The summed E-state index contributed by atoms with van der Waals surface area (Å²) in [6.45, 7) is 0. The fourth-order valence-corrected chi connectivity index (χ4v) is 3.17. The summed E-state index contributed by atoms with van der Waals surface area (Å²) in [7, 11) is 1.66. The van der Waals surface area contributed by atoms with Crippen LogP contribution in [-0.4, -0.2) is 17.8 Å². The molecule has 0 saturated heterocycles. The lowest BCUT2D eigenvalue weighted by molar-refractivity contribution is 0.407. The Hall–Kier alpha value is -1.04. The van der Waals surface area contributed by atoms with Gasteiger partial charge in [-0.1, -0.05) is 18.2 Å². The van der Waals surface area contributed by atoms with Gasteiger partial charge in [-0.3, -0.25) is 0 Å². The predicted octanol–water partition coefficient (Wildman–Crippen LogP) is 3.64. The molecule has 0 aliphatic rings. The Bertz CT molecular complexity index is 550. The van der Waals surface area contributed by atoms with Crippen LogP contribution in [0.25, 0.3) is 0 Å². The molecule has 0 saturated carbocycles. The topological polar surface area (TPSA) is 48.1 Å². The Morgan fingerprint density at radius 2 is 2.11 bits per heavy atom. The number of hydrogen-bond donors (Lipinski definition) is 1. The number of thioether (sulfide) groups is 1. The zero-order valence-electron chi connectivity index (χ0n) is 10.5. The van der Waals surface area contributed by atoms with Gasteiger partial charge in [0.1, 0.15) is 10.8 Å². The Morgan fingerprint density at radius 3 is 2.84 bits per heavy atom. The molecule has 3 nitrogen and oxygen atoms in total. The molecule has 1 aromatic heterocycles. The number of methoxy groups -OCH3 is 1. The van der Waals surface area contributed by atoms with Crippen LogP contribution in [0.2, 0.25) is 0 Å². The number of nitrogens with two attached hydrogens (primary N) is 1. The molecular weight excluding hydrogens is 324 g/mol. The van der Waals surface area contributed by atoms with E-state index in [1.807, 2.05) is 36.4 Å². The molecule has 19 heavy (non-hydrogen) atoms. The van der Waals surface area contributed by atoms with Gasteiger partial charge in [-0.15, -0.1) is 11.8 Å². The highest BCUT2D eigenvalue weighted by atomic mass is 79.9. The maximum absolute atomic E-state index is 6.23. The van der Waals surface area contributed by atoms with Crippen molar-refractivity contribution in [1.82, 2.24) is 4.98 Å². The molecule has 1 atom stereocenters. The Labute approximate surface area is 125 Å². The largest absolute Gasteiger partial charge is 0.496 e. The molecule has 0 aliphatic heterocycles. The maximum atomic E-state index is 6.23. The second-order valence-corrected chi connectivity index (χ2v) is 5.81. The van der Waals surface area contributed by atoms with Crippen LogP contribution in [0.4, 0.5) is 0 Å². The van der Waals surface area contributed by atoms with Gasteiger partial charge in [0.15, 0.2) is 0 Å². The van der Waals surface area contributed by atoms with E-state index in [-0.39, 0.29) is 6.04 Å². The number of rotatable bonds is 5. The van der Waals surface area contributed by atoms with Crippen LogP contribution in [0, 0.1) is 0 Å². The lowest BCUT2D eigenvalue weighted by Gasteiger charge is -2.15. The molecule has 2 aromatic rings. The second-order valence-electron chi connectivity index (χ2n) is 3.95. The molecule has 2 rings (SSSR count). The van der Waals surface area contributed by atoms with Gasteiger partial charge >= 0.3 is 0 Å². The summed E-state index contributed by atoms with van der Waals surface area (Å²) in [6, 6.07) is 11.6. The molecule has 1 aromatic carbocycles. The molecule has 5 heteroatoms. The molecule has 0 aliphatic carbocycles. The predicted molar refractivity (Wildman–Crippen MR) is 82.6 cm³/mol. The van der Waals surface area contributed by atoms with Gasteiger partial charge < -0.3 is 10.5 Å². The lowest BCUT2D eigenvalue weighted by Crippen LogP contribution is -2.14. The summed E-state index contributed by atoms with van der Waals surface area (Å²) >= 11 is 5.11. The highest BCUT2D eigenvalue weighted by Gasteiger charge is 2.12. The maximum Gasteiger partial charge on any atom is 0.123 e. The average molecular weight is 339 g/mol. The van der Waals surface area contributed by atoms with Crippen molar-refractivity contribution in [2.75, 3.05) is 12.9 Å². The number of ether oxygens (including phenoxy) is 1. The van der Waals surface area contributed by atoms with Crippen molar-refractivity contribution in [3.63, 3.8) is 0 Å². The molecule has 0 amide bonds. The van der Waals surface area contributed by atoms with Gasteiger partial charge in [0.2, 0.25) is 0 Å². The number of aromatic nitrogens is 1.